The molecule has 1 amide bonds. The highest BCUT2D eigenvalue weighted by Crippen LogP contribution is 2.22. The number of hydrogen-bond donors (Lipinski definition) is 2. The Labute approximate surface area is 158 Å². The van der Waals surface area contributed by atoms with E-state index >= 15 is 0 Å². The zero-order valence-corrected chi connectivity index (χ0v) is 15.3. The van der Waals surface area contributed by atoms with E-state index in [1.165, 1.54) is 0 Å². The van der Waals surface area contributed by atoms with E-state index in [1.54, 1.807) is 31.8 Å². The van der Waals surface area contributed by atoms with Gasteiger partial charge in [0.05, 0.1) is 37.3 Å². The van der Waals surface area contributed by atoms with Crippen molar-refractivity contribution >= 4 is 17.5 Å². The van der Waals surface area contributed by atoms with E-state index in [9.17, 15) is 4.79 Å². The molecule has 1 aliphatic rings. The van der Waals surface area contributed by atoms with E-state index in [0.29, 0.717) is 38.8 Å². The van der Waals surface area contributed by atoms with Crippen molar-refractivity contribution in [2.24, 2.45) is 0 Å². The number of pyridine rings is 1. The molecule has 1 fully saturated rings. The first kappa shape index (κ1) is 19.2. The number of carbonyl (C=O) groups is 1. The van der Waals surface area contributed by atoms with Gasteiger partial charge in [0.15, 0.2) is 0 Å². The lowest BCUT2D eigenvalue weighted by Crippen LogP contribution is -2.44. The second-order valence-electron chi connectivity index (χ2n) is 6.11. The van der Waals surface area contributed by atoms with Crippen LogP contribution in [0.3, 0.4) is 0 Å². The van der Waals surface area contributed by atoms with Crippen LogP contribution in [0.25, 0.3) is 0 Å². The van der Waals surface area contributed by atoms with Crippen LogP contribution in [0.15, 0.2) is 36.8 Å². The van der Waals surface area contributed by atoms with Crippen LogP contribution in [0.1, 0.15) is 11.8 Å². The summed E-state index contributed by atoms with van der Waals surface area (Å²) in [5.41, 5.74) is 1.63. The summed E-state index contributed by atoms with van der Waals surface area (Å²) in [4.78, 5) is 26.8. The van der Waals surface area contributed by atoms with Gasteiger partial charge in [-0.25, -0.2) is 9.97 Å². The molecular formula is C18H24N6O3. The van der Waals surface area contributed by atoms with Crippen molar-refractivity contribution in [1.29, 1.82) is 0 Å². The molecule has 2 N–H and O–H groups in total. The number of anilines is 2. The predicted molar refractivity (Wildman–Crippen MR) is 99.6 cm³/mol. The molecule has 0 bridgehead atoms. The average molecular weight is 372 g/mol. The lowest BCUT2D eigenvalue weighted by molar-refractivity contribution is -0.124. The molecule has 9 nitrogen and oxygen atoms in total. The van der Waals surface area contributed by atoms with Crippen LogP contribution in [0.4, 0.5) is 11.6 Å². The van der Waals surface area contributed by atoms with Crippen LogP contribution in [-0.4, -0.2) is 72.3 Å². The summed E-state index contributed by atoms with van der Waals surface area (Å²) in [5.74, 6) is 0.509. The number of nitrogens with one attached hydrogen (secondary N) is 2. The molecule has 1 aliphatic heterocycles. The monoisotopic (exact) mass is 372 g/mol. The normalized spacial score (nSPS) is 17.4. The number of nitrogens with zero attached hydrogens (tertiary/aromatic N) is 4. The lowest BCUT2D eigenvalue weighted by atomic mass is 10.2. The van der Waals surface area contributed by atoms with Crippen LogP contribution in [0.2, 0.25) is 0 Å². The fourth-order valence-electron chi connectivity index (χ4n) is 2.74. The molecule has 1 saturated heterocycles. The molecule has 0 unspecified atom stereocenters. The molecular weight excluding hydrogens is 348 g/mol. The van der Waals surface area contributed by atoms with Crippen LogP contribution in [-0.2, 0) is 14.3 Å². The molecule has 0 aromatic carbocycles. The Morgan fingerprint density at radius 3 is 2.93 bits per heavy atom. The first-order chi connectivity index (χ1) is 13.2. The standard InChI is InChI=1S/C18H24N6O3/c1-26-9-7-19-17(25)13-24-8-10-27-16(12-24)15-4-3-14(11-22-15)23-18-20-5-2-6-21-18/h2-6,11,16H,7-10,12-13H2,1H3,(H,19,25)(H,20,21,23)/t16-/m0/s1. The number of hydrogen-bond acceptors (Lipinski definition) is 8. The van der Waals surface area contributed by atoms with Gasteiger partial charge in [0.1, 0.15) is 6.10 Å². The number of aromatic nitrogens is 3. The maximum atomic E-state index is 12.0. The summed E-state index contributed by atoms with van der Waals surface area (Å²) in [6, 6.07) is 5.59. The van der Waals surface area contributed by atoms with Gasteiger partial charge in [-0.3, -0.25) is 14.7 Å². The van der Waals surface area contributed by atoms with E-state index in [2.05, 4.69) is 30.5 Å². The first-order valence-corrected chi connectivity index (χ1v) is 8.84. The van der Waals surface area contributed by atoms with Crippen molar-refractivity contribution in [3.63, 3.8) is 0 Å². The van der Waals surface area contributed by atoms with Gasteiger partial charge in [0.25, 0.3) is 0 Å². The van der Waals surface area contributed by atoms with Gasteiger partial charge < -0.3 is 20.1 Å². The van der Waals surface area contributed by atoms with Gasteiger partial charge in [-0.15, -0.1) is 0 Å². The number of methoxy groups -OCH3 is 1. The van der Waals surface area contributed by atoms with Crippen molar-refractivity contribution in [3.05, 3.63) is 42.5 Å². The van der Waals surface area contributed by atoms with E-state index in [-0.39, 0.29) is 12.0 Å². The molecule has 2 aromatic heterocycles. The van der Waals surface area contributed by atoms with E-state index in [4.69, 9.17) is 9.47 Å². The van der Waals surface area contributed by atoms with Crippen molar-refractivity contribution < 1.29 is 14.3 Å². The zero-order chi connectivity index (χ0) is 18.9. The molecule has 1 atom stereocenters. The number of ether oxygens (including phenoxy) is 2. The maximum absolute atomic E-state index is 12.0. The number of morpholine rings is 1. The fraction of sp³-hybridized carbons (Fsp3) is 0.444. The minimum Gasteiger partial charge on any atom is -0.383 e. The van der Waals surface area contributed by atoms with Crippen molar-refractivity contribution in [2.75, 3.05) is 51.8 Å². The Balaban J connectivity index is 1.52. The average Bonchev–Trinajstić information content (AvgIpc) is 2.70. The molecule has 144 valence electrons. The number of amides is 1. The molecule has 27 heavy (non-hydrogen) atoms. The molecule has 3 rings (SSSR count). The van der Waals surface area contributed by atoms with Gasteiger partial charge in [0, 0.05) is 39.1 Å². The van der Waals surface area contributed by atoms with E-state index in [0.717, 1.165) is 17.9 Å². The van der Waals surface area contributed by atoms with Crippen molar-refractivity contribution in [2.45, 2.75) is 6.10 Å². The van der Waals surface area contributed by atoms with Crippen LogP contribution < -0.4 is 10.6 Å². The highest BCUT2D eigenvalue weighted by molar-refractivity contribution is 5.78. The summed E-state index contributed by atoms with van der Waals surface area (Å²) < 4.78 is 10.8. The molecule has 0 saturated carbocycles. The fourth-order valence-corrected chi connectivity index (χ4v) is 2.74. The molecule has 3 heterocycles. The van der Waals surface area contributed by atoms with Gasteiger partial charge in [0.2, 0.25) is 11.9 Å². The van der Waals surface area contributed by atoms with E-state index in [1.807, 2.05) is 12.1 Å². The maximum Gasteiger partial charge on any atom is 0.234 e. The Morgan fingerprint density at radius 1 is 1.33 bits per heavy atom. The summed E-state index contributed by atoms with van der Waals surface area (Å²) >= 11 is 0. The Hall–Kier alpha value is -2.62. The summed E-state index contributed by atoms with van der Waals surface area (Å²) in [6.45, 7) is 3.28. The Morgan fingerprint density at radius 2 is 2.19 bits per heavy atom. The SMILES string of the molecule is COCCNC(=O)CN1CCO[C@H](c2ccc(Nc3ncccn3)cn2)C1. The Bertz CT molecular complexity index is 713. The third-order valence-corrected chi connectivity index (χ3v) is 4.08. The molecule has 0 aliphatic carbocycles. The second-order valence-corrected chi connectivity index (χ2v) is 6.11. The molecule has 2 aromatic rings. The van der Waals surface area contributed by atoms with Gasteiger partial charge in [-0.2, -0.15) is 0 Å². The molecule has 0 spiro atoms. The van der Waals surface area contributed by atoms with Crippen molar-refractivity contribution in [3.8, 4) is 0 Å². The summed E-state index contributed by atoms with van der Waals surface area (Å²) in [5, 5.41) is 5.93. The predicted octanol–water partition coefficient (Wildman–Crippen LogP) is 0.751. The quantitative estimate of drug-likeness (QED) is 0.655. The smallest absolute Gasteiger partial charge is 0.234 e. The van der Waals surface area contributed by atoms with Crippen LogP contribution >= 0.6 is 0 Å². The summed E-state index contributed by atoms with van der Waals surface area (Å²) in [7, 11) is 1.61. The highest BCUT2D eigenvalue weighted by atomic mass is 16.5. The third-order valence-electron chi connectivity index (χ3n) is 4.08. The van der Waals surface area contributed by atoms with Crippen LogP contribution in [0.5, 0.6) is 0 Å². The highest BCUT2D eigenvalue weighted by Gasteiger charge is 2.24. The largest absolute Gasteiger partial charge is 0.383 e. The Kier molecular flexibility index (Phi) is 7.03. The minimum atomic E-state index is -0.160. The second kappa shape index (κ2) is 9.91. The van der Waals surface area contributed by atoms with Gasteiger partial charge >= 0.3 is 0 Å². The van der Waals surface area contributed by atoms with Gasteiger partial charge in [-0.1, -0.05) is 0 Å². The topological polar surface area (TPSA) is 102 Å². The lowest BCUT2D eigenvalue weighted by Gasteiger charge is -2.32. The summed E-state index contributed by atoms with van der Waals surface area (Å²) in [6.07, 6.45) is 4.92. The third kappa shape index (κ3) is 5.95. The molecule has 0 radical (unpaired) electrons. The van der Waals surface area contributed by atoms with Crippen LogP contribution in [0, 0.1) is 0 Å². The van der Waals surface area contributed by atoms with Crippen molar-refractivity contribution in [1.82, 2.24) is 25.2 Å². The molecule has 9 heteroatoms. The number of carbonyl (C=O) groups excluding carboxylic acids is 1. The zero-order valence-electron chi connectivity index (χ0n) is 15.3. The van der Waals surface area contributed by atoms with E-state index < -0.39 is 0 Å². The minimum absolute atomic E-state index is 0.0110. The number of rotatable bonds is 8. The first-order valence-electron chi connectivity index (χ1n) is 8.84. The van der Waals surface area contributed by atoms with Gasteiger partial charge in [-0.05, 0) is 18.2 Å².